The molecule has 2 N–H and O–H groups in total. The van der Waals surface area contributed by atoms with E-state index in [2.05, 4.69) is 15.9 Å². The van der Waals surface area contributed by atoms with Crippen LogP contribution < -0.4 is 5.73 Å². The molecule has 1 fully saturated rings. The van der Waals surface area contributed by atoms with Crippen molar-refractivity contribution in [3.8, 4) is 0 Å². The number of hydrogen-bond donors (Lipinski definition) is 1. The number of esters is 3. The minimum absolute atomic E-state index is 0.269. The Morgan fingerprint density at radius 3 is 1.58 bits per heavy atom. The summed E-state index contributed by atoms with van der Waals surface area (Å²) in [5, 5.41) is -0.766. The average Bonchev–Trinajstić information content (AvgIpc) is 2.92. The average molecular weight is 554 g/mol. The molecule has 0 aliphatic carbocycles. The van der Waals surface area contributed by atoms with E-state index in [0.29, 0.717) is 16.7 Å². The van der Waals surface area contributed by atoms with Gasteiger partial charge in [0.15, 0.2) is 12.2 Å². The summed E-state index contributed by atoms with van der Waals surface area (Å²) in [7, 11) is 0. The summed E-state index contributed by atoms with van der Waals surface area (Å²) >= 11 is 3.35. The molecule has 186 valence electrons. The van der Waals surface area contributed by atoms with Gasteiger partial charge in [-0.05, 0) is 36.4 Å². The molecule has 1 aliphatic heterocycles. The second kappa shape index (κ2) is 11.9. The van der Waals surface area contributed by atoms with Crippen molar-refractivity contribution in [2.75, 3.05) is 6.61 Å². The first kappa shape index (κ1) is 25.6. The van der Waals surface area contributed by atoms with Gasteiger partial charge in [-0.2, -0.15) is 0 Å². The summed E-state index contributed by atoms with van der Waals surface area (Å²) in [6, 6.07) is 24.3. The molecule has 4 rings (SSSR count). The highest BCUT2D eigenvalue weighted by Gasteiger charge is 2.48. The molecule has 8 nitrogen and oxygen atoms in total. The van der Waals surface area contributed by atoms with Crippen LogP contribution in [0, 0.1) is 0 Å². The van der Waals surface area contributed by atoms with Crippen LogP contribution in [0.25, 0.3) is 0 Å². The van der Waals surface area contributed by atoms with E-state index >= 15 is 0 Å². The number of rotatable bonds is 7. The maximum absolute atomic E-state index is 12.9. The van der Waals surface area contributed by atoms with Gasteiger partial charge in [0, 0.05) is 0 Å². The number of nitrogens with two attached hydrogens (primary N) is 1. The molecule has 1 heterocycles. The Morgan fingerprint density at radius 2 is 1.11 bits per heavy atom. The summed E-state index contributed by atoms with van der Waals surface area (Å²) in [6.07, 6.45) is -3.22. The van der Waals surface area contributed by atoms with Crippen molar-refractivity contribution in [2.45, 2.75) is 29.4 Å². The molecule has 0 spiro atoms. The summed E-state index contributed by atoms with van der Waals surface area (Å²) in [4.78, 5) is 38.3. The lowest BCUT2D eigenvalue weighted by molar-refractivity contribution is -0.168. The second-order valence-electron chi connectivity index (χ2n) is 8.04. The maximum Gasteiger partial charge on any atom is 0.338 e. The molecule has 1 saturated heterocycles. The van der Waals surface area contributed by atoms with Crippen LogP contribution in [0.2, 0.25) is 0 Å². The fraction of sp³-hybridized carbons (Fsp3) is 0.222. The van der Waals surface area contributed by atoms with Crippen LogP contribution in [0.1, 0.15) is 31.1 Å². The van der Waals surface area contributed by atoms with Crippen LogP contribution in [-0.2, 0) is 18.9 Å². The zero-order valence-electron chi connectivity index (χ0n) is 19.1. The zero-order chi connectivity index (χ0) is 25.5. The number of hydrogen-bond acceptors (Lipinski definition) is 8. The van der Waals surface area contributed by atoms with Crippen LogP contribution in [0.5, 0.6) is 0 Å². The van der Waals surface area contributed by atoms with Crippen LogP contribution in [-0.4, -0.2) is 53.9 Å². The van der Waals surface area contributed by atoms with Gasteiger partial charge >= 0.3 is 17.9 Å². The van der Waals surface area contributed by atoms with E-state index < -0.39 is 47.3 Å². The van der Waals surface area contributed by atoms with E-state index in [-0.39, 0.29) is 6.61 Å². The molecule has 0 bridgehead atoms. The highest BCUT2D eigenvalue weighted by molar-refractivity contribution is 9.09. The number of carbonyl (C=O) groups is 3. The first-order chi connectivity index (χ1) is 17.4. The Bertz CT molecular complexity index is 1180. The number of alkyl halides is 1. The Morgan fingerprint density at radius 1 is 0.694 bits per heavy atom. The van der Waals surface area contributed by atoms with Crippen LogP contribution >= 0.6 is 15.9 Å². The molecule has 36 heavy (non-hydrogen) atoms. The van der Waals surface area contributed by atoms with Crippen molar-refractivity contribution in [1.82, 2.24) is 0 Å². The van der Waals surface area contributed by atoms with Gasteiger partial charge in [-0.25, -0.2) is 14.4 Å². The highest BCUT2D eigenvalue weighted by Crippen LogP contribution is 2.29. The van der Waals surface area contributed by atoms with Gasteiger partial charge in [0.2, 0.25) is 0 Å². The molecule has 0 radical (unpaired) electrons. The number of ether oxygens (including phenoxy) is 4. The Labute approximate surface area is 216 Å². The van der Waals surface area contributed by atoms with Crippen LogP contribution in [0.15, 0.2) is 91.0 Å². The molecule has 1 aliphatic rings. The predicted molar refractivity (Wildman–Crippen MR) is 134 cm³/mol. The predicted octanol–water partition coefficient (Wildman–Crippen LogP) is 3.74. The number of benzene rings is 3. The van der Waals surface area contributed by atoms with Crippen LogP contribution in [0.3, 0.4) is 0 Å². The van der Waals surface area contributed by atoms with Gasteiger partial charge < -0.3 is 24.7 Å². The number of carbonyl (C=O) groups excluding carboxylic acids is 3. The fourth-order valence-corrected chi connectivity index (χ4v) is 4.26. The monoisotopic (exact) mass is 553 g/mol. The first-order valence-electron chi connectivity index (χ1n) is 11.2. The van der Waals surface area contributed by atoms with E-state index in [9.17, 15) is 14.4 Å². The Balaban J connectivity index is 1.57. The lowest BCUT2D eigenvalue weighted by Crippen LogP contribution is -2.63. The van der Waals surface area contributed by atoms with Crippen molar-refractivity contribution in [1.29, 1.82) is 0 Å². The third-order valence-electron chi connectivity index (χ3n) is 5.57. The number of halogens is 1. The van der Waals surface area contributed by atoms with Gasteiger partial charge in [-0.3, -0.25) is 0 Å². The molecule has 0 aromatic heterocycles. The minimum Gasteiger partial charge on any atom is -0.459 e. The van der Waals surface area contributed by atoms with Gasteiger partial charge in [-0.1, -0.05) is 70.5 Å². The third-order valence-corrected chi connectivity index (χ3v) is 6.40. The SMILES string of the molecule is N[C@@H]1[C@@H](OC(=O)c2ccccc2)[C@@H](OC(=O)c2ccccc2)[C@@H](COC(=O)c2ccccc2)O[C@@H]1Br. The molecule has 5 atom stereocenters. The Kier molecular flexibility index (Phi) is 8.48. The van der Waals surface area contributed by atoms with E-state index in [0.717, 1.165) is 0 Å². The quantitative estimate of drug-likeness (QED) is 0.267. The Hall–Kier alpha value is -3.53. The van der Waals surface area contributed by atoms with E-state index in [1.54, 1.807) is 91.0 Å². The molecule has 0 saturated carbocycles. The van der Waals surface area contributed by atoms with Gasteiger partial charge in [-0.15, -0.1) is 0 Å². The van der Waals surface area contributed by atoms with Crippen molar-refractivity contribution >= 4 is 33.8 Å². The van der Waals surface area contributed by atoms with E-state index in [1.807, 2.05) is 0 Å². The smallest absolute Gasteiger partial charge is 0.338 e. The largest absolute Gasteiger partial charge is 0.459 e. The lowest BCUT2D eigenvalue weighted by atomic mass is 9.98. The minimum atomic E-state index is -1.15. The third kappa shape index (κ3) is 6.17. The van der Waals surface area contributed by atoms with Gasteiger partial charge in [0.25, 0.3) is 0 Å². The second-order valence-corrected chi connectivity index (χ2v) is 8.94. The van der Waals surface area contributed by atoms with Crippen LogP contribution in [0.4, 0.5) is 0 Å². The molecule has 0 unspecified atom stereocenters. The standard InChI is InChI=1S/C27H24BrNO7/c28-24-21(29)23(36-27(32)19-14-8-3-9-15-19)22(35-26(31)18-12-6-2-7-13-18)20(34-24)16-33-25(30)17-10-4-1-5-11-17/h1-15,20-24H,16,29H2/t20-,21-,22+,23-,24+/m1/s1. The lowest BCUT2D eigenvalue weighted by Gasteiger charge is -2.42. The van der Waals surface area contributed by atoms with E-state index in [4.69, 9.17) is 24.7 Å². The summed E-state index contributed by atoms with van der Waals surface area (Å²) < 4.78 is 22.8. The topological polar surface area (TPSA) is 114 Å². The molecular formula is C27H24BrNO7. The highest BCUT2D eigenvalue weighted by atomic mass is 79.9. The van der Waals surface area contributed by atoms with Crippen molar-refractivity contribution in [3.63, 3.8) is 0 Å². The molecule has 3 aromatic carbocycles. The van der Waals surface area contributed by atoms with Crippen molar-refractivity contribution in [3.05, 3.63) is 108 Å². The molecule has 0 amide bonds. The summed E-state index contributed by atoms with van der Waals surface area (Å²) in [5.74, 6) is -1.88. The van der Waals surface area contributed by atoms with Gasteiger partial charge in [0.1, 0.15) is 17.7 Å². The van der Waals surface area contributed by atoms with Gasteiger partial charge in [0.05, 0.1) is 22.7 Å². The molecule has 9 heteroatoms. The summed E-state index contributed by atoms with van der Waals surface area (Å²) in [6.45, 7) is -0.269. The van der Waals surface area contributed by atoms with Crippen molar-refractivity contribution in [2.24, 2.45) is 5.73 Å². The summed E-state index contributed by atoms with van der Waals surface area (Å²) in [5.41, 5.74) is 7.27. The fourth-order valence-electron chi connectivity index (χ4n) is 3.68. The zero-order valence-corrected chi connectivity index (χ0v) is 20.7. The van der Waals surface area contributed by atoms with E-state index in [1.165, 1.54) is 0 Å². The first-order valence-corrected chi connectivity index (χ1v) is 12.1. The normalized spacial score (nSPS) is 23.3. The van der Waals surface area contributed by atoms with Crippen molar-refractivity contribution < 1.29 is 33.3 Å². The molecule has 3 aromatic rings. The molecular weight excluding hydrogens is 530 g/mol. The maximum atomic E-state index is 12.9.